The van der Waals surface area contributed by atoms with Crippen molar-refractivity contribution in [2.75, 3.05) is 26.1 Å². The van der Waals surface area contributed by atoms with E-state index in [1.54, 1.807) is 38.7 Å². The molecule has 0 saturated carbocycles. The second-order valence-electron chi connectivity index (χ2n) is 4.99. The summed E-state index contributed by atoms with van der Waals surface area (Å²) in [6.45, 7) is 3.51. The van der Waals surface area contributed by atoms with Crippen molar-refractivity contribution in [3.63, 3.8) is 0 Å². The number of pyridine rings is 1. The van der Waals surface area contributed by atoms with E-state index in [4.69, 9.17) is 33.3 Å². The molecule has 0 aliphatic carbocycles. The number of halogens is 1. The summed E-state index contributed by atoms with van der Waals surface area (Å²) >= 11 is 11.7. The molecule has 0 unspecified atom stereocenters. The minimum absolute atomic E-state index is 0.481. The maximum Gasteiger partial charge on any atom is 0.173 e. The fourth-order valence-electron chi connectivity index (χ4n) is 2.19. The first-order valence-electron chi connectivity index (χ1n) is 7.45. The molecule has 128 valence electrons. The summed E-state index contributed by atoms with van der Waals surface area (Å²) < 4.78 is 10.6. The van der Waals surface area contributed by atoms with Crippen LogP contribution in [0.25, 0.3) is 0 Å². The molecule has 1 heterocycles. The molecular formula is C17H20ClN3O2S. The first-order chi connectivity index (χ1) is 11.6. The zero-order valence-electron chi connectivity index (χ0n) is 13.9. The minimum atomic E-state index is 0.481. The monoisotopic (exact) mass is 365 g/mol. The summed E-state index contributed by atoms with van der Waals surface area (Å²) in [4.78, 5) is 6.08. The summed E-state index contributed by atoms with van der Waals surface area (Å²) in [7, 11) is 3.15. The average Bonchev–Trinajstić information content (AvgIpc) is 2.61. The van der Waals surface area contributed by atoms with Crippen molar-refractivity contribution in [1.29, 1.82) is 0 Å². The number of nitrogens with zero attached hydrogens (tertiary/aromatic N) is 2. The van der Waals surface area contributed by atoms with Gasteiger partial charge in [0.15, 0.2) is 5.11 Å². The number of hydrogen-bond donors (Lipinski definition) is 1. The largest absolute Gasteiger partial charge is 0.495 e. The molecule has 0 fully saturated rings. The fourth-order valence-corrected chi connectivity index (χ4v) is 2.72. The summed E-state index contributed by atoms with van der Waals surface area (Å²) in [6.07, 6.45) is 3.54. The van der Waals surface area contributed by atoms with E-state index in [0.29, 0.717) is 33.9 Å². The van der Waals surface area contributed by atoms with Crippen LogP contribution >= 0.6 is 23.8 Å². The van der Waals surface area contributed by atoms with E-state index in [2.05, 4.69) is 17.2 Å². The fraction of sp³-hybridized carbons (Fsp3) is 0.294. The normalized spacial score (nSPS) is 10.2. The standard InChI is InChI=1S/C17H20ClN3O2S/c1-4-21(11-12-5-7-19-8-6-12)17(24)20-14-10-15(22-2)13(18)9-16(14)23-3/h5-10H,4,11H2,1-3H3,(H,20,24). The van der Waals surface area contributed by atoms with Gasteiger partial charge in [-0.2, -0.15) is 0 Å². The second kappa shape index (κ2) is 8.70. The topological polar surface area (TPSA) is 46.6 Å². The zero-order valence-corrected chi connectivity index (χ0v) is 15.4. The van der Waals surface area contributed by atoms with Crippen molar-refractivity contribution in [3.05, 3.63) is 47.2 Å². The second-order valence-corrected chi connectivity index (χ2v) is 5.78. The molecule has 0 amide bonds. The van der Waals surface area contributed by atoms with Crippen LogP contribution in [0.3, 0.4) is 0 Å². The number of hydrogen-bond acceptors (Lipinski definition) is 4. The highest BCUT2D eigenvalue weighted by Gasteiger charge is 2.14. The molecule has 1 aromatic carbocycles. The van der Waals surface area contributed by atoms with Gasteiger partial charge in [0, 0.05) is 37.6 Å². The third-order valence-electron chi connectivity index (χ3n) is 3.51. The Balaban J connectivity index is 2.18. The van der Waals surface area contributed by atoms with E-state index >= 15 is 0 Å². The van der Waals surface area contributed by atoms with E-state index < -0.39 is 0 Å². The molecule has 7 heteroatoms. The molecule has 1 N–H and O–H groups in total. The predicted octanol–water partition coefficient (Wildman–Crippen LogP) is 3.97. The molecular weight excluding hydrogens is 346 g/mol. The van der Waals surface area contributed by atoms with Gasteiger partial charge in [-0.15, -0.1) is 0 Å². The van der Waals surface area contributed by atoms with Crippen LogP contribution in [0.2, 0.25) is 5.02 Å². The van der Waals surface area contributed by atoms with Crippen LogP contribution in [-0.4, -0.2) is 35.8 Å². The van der Waals surface area contributed by atoms with Gasteiger partial charge < -0.3 is 19.7 Å². The van der Waals surface area contributed by atoms with E-state index in [1.807, 2.05) is 17.0 Å². The lowest BCUT2D eigenvalue weighted by atomic mass is 10.2. The number of ether oxygens (including phenoxy) is 2. The SMILES string of the molecule is CCN(Cc1ccncc1)C(=S)Nc1cc(OC)c(Cl)cc1OC. The average molecular weight is 366 g/mol. The van der Waals surface area contributed by atoms with Crippen LogP contribution in [0, 0.1) is 0 Å². The molecule has 2 aromatic rings. The zero-order chi connectivity index (χ0) is 17.5. The van der Waals surface area contributed by atoms with Crippen molar-refractivity contribution in [1.82, 2.24) is 9.88 Å². The van der Waals surface area contributed by atoms with Crippen molar-refractivity contribution in [3.8, 4) is 11.5 Å². The molecule has 0 atom stereocenters. The van der Waals surface area contributed by atoms with Crippen LogP contribution in [-0.2, 0) is 6.54 Å². The molecule has 5 nitrogen and oxygen atoms in total. The number of thiocarbonyl (C=S) groups is 1. The Bertz CT molecular complexity index is 698. The number of aromatic nitrogens is 1. The Labute approximate surface area is 152 Å². The number of rotatable bonds is 6. The van der Waals surface area contributed by atoms with Gasteiger partial charge >= 0.3 is 0 Å². The molecule has 0 bridgehead atoms. The van der Waals surface area contributed by atoms with Gasteiger partial charge in [-0.1, -0.05) is 11.6 Å². The number of anilines is 1. The molecule has 1 aromatic heterocycles. The quantitative estimate of drug-likeness (QED) is 0.781. The van der Waals surface area contributed by atoms with Crippen molar-refractivity contribution < 1.29 is 9.47 Å². The minimum Gasteiger partial charge on any atom is -0.495 e. The van der Waals surface area contributed by atoms with Crippen LogP contribution in [0.1, 0.15) is 12.5 Å². The maximum atomic E-state index is 6.13. The van der Waals surface area contributed by atoms with Gasteiger partial charge in [-0.05, 0) is 36.8 Å². The first kappa shape index (κ1) is 18.3. The van der Waals surface area contributed by atoms with Gasteiger partial charge in [-0.3, -0.25) is 4.98 Å². The number of benzene rings is 1. The summed E-state index contributed by atoms with van der Waals surface area (Å²) in [5.74, 6) is 1.16. The molecule has 2 rings (SSSR count). The van der Waals surface area contributed by atoms with Crippen molar-refractivity contribution in [2.45, 2.75) is 13.5 Å². The van der Waals surface area contributed by atoms with Crippen LogP contribution in [0.5, 0.6) is 11.5 Å². The highest BCUT2D eigenvalue weighted by Crippen LogP contribution is 2.36. The van der Waals surface area contributed by atoms with Gasteiger partial charge in [0.25, 0.3) is 0 Å². The molecule has 0 aliphatic rings. The summed E-state index contributed by atoms with van der Waals surface area (Å²) in [5.41, 5.74) is 1.84. The Hall–Kier alpha value is -2.05. The Morgan fingerprint density at radius 1 is 1.21 bits per heavy atom. The number of nitrogens with one attached hydrogen (secondary N) is 1. The Kier molecular flexibility index (Phi) is 6.63. The number of methoxy groups -OCH3 is 2. The Morgan fingerprint density at radius 2 is 1.88 bits per heavy atom. The van der Waals surface area contributed by atoms with Gasteiger partial charge in [0.1, 0.15) is 11.5 Å². The molecule has 24 heavy (non-hydrogen) atoms. The molecule has 0 spiro atoms. The smallest absolute Gasteiger partial charge is 0.173 e. The lowest BCUT2D eigenvalue weighted by Gasteiger charge is -2.25. The van der Waals surface area contributed by atoms with Gasteiger partial charge in [0.05, 0.1) is 24.9 Å². The van der Waals surface area contributed by atoms with Crippen LogP contribution in [0.4, 0.5) is 5.69 Å². The van der Waals surface area contributed by atoms with Crippen LogP contribution < -0.4 is 14.8 Å². The summed E-state index contributed by atoms with van der Waals surface area (Å²) in [5, 5.41) is 4.29. The predicted molar refractivity (Wildman–Crippen MR) is 101 cm³/mol. The lowest BCUT2D eigenvalue weighted by Crippen LogP contribution is -2.34. The Morgan fingerprint density at radius 3 is 2.46 bits per heavy atom. The maximum absolute atomic E-state index is 6.13. The van der Waals surface area contributed by atoms with E-state index in [-0.39, 0.29) is 0 Å². The van der Waals surface area contributed by atoms with Crippen molar-refractivity contribution >= 4 is 34.6 Å². The van der Waals surface area contributed by atoms with E-state index in [9.17, 15) is 0 Å². The molecule has 0 radical (unpaired) electrons. The van der Waals surface area contributed by atoms with Crippen molar-refractivity contribution in [2.24, 2.45) is 0 Å². The third-order valence-corrected chi connectivity index (χ3v) is 4.16. The molecule has 0 aliphatic heterocycles. The lowest BCUT2D eigenvalue weighted by molar-refractivity contribution is 0.404. The highest BCUT2D eigenvalue weighted by molar-refractivity contribution is 7.80. The van der Waals surface area contributed by atoms with E-state index in [0.717, 1.165) is 12.1 Å². The highest BCUT2D eigenvalue weighted by atomic mass is 35.5. The summed E-state index contributed by atoms with van der Waals surface area (Å²) in [6, 6.07) is 7.41. The third kappa shape index (κ3) is 4.49. The van der Waals surface area contributed by atoms with E-state index in [1.165, 1.54) is 0 Å². The van der Waals surface area contributed by atoms with Gasteiger partial charge in [0.2, 0.25) is 0 Å². The van der Waals surface area contributed by atoms with Gasteiger partial charge in [-0.25, -0.2) is 0 Å². The first-order valence-corrected chi connectivity index (χ1v) is 8.24. The van der Waals surface area contributed by atoms with Crippen LogP contribution in [0.15, 0.2) is 36.7 Å². The molecule has 0 saturated heterocycles.